The van der Waals surface area contributed by atoms with Crippen molar-refractivity contribution in [3.63, 3.8) is 0 Å². The summed E-state index contributed by atoms with van der Waals surface area (Å²) < 4.78 is 34.5. The number of amides is 1. The summed E-state index contributed by atoms with van der Waals surface area (Å²) in [6.45, 7) is 1.54. The third-order valence-corrected chi connectivity index (χ3v) is 6.15. The van der Waals surface area contributed by atoms with Crippen LogP contribution < -0.4 is 15.3 Å². The number of carbonyl (C=O) groups excluding carboxylic acids is 1. The van der Waals surface area contributed by atoms with Crippen LogP contribution in [0.4, 0.5) is 19.3 Å². The number of tetrazole rings is 1. The molecule has 1 amide bonds. The third-order valence-electron chi connectivity index (χ3n) is 6.15. The molecular formula is C23H23F2N5O5. The number of carboxylic acids is 1. The number of nitrogens with zero attached hydrogens (tertiary/aromatic N) is 5. The Kier molecular flexibility index (Phi) is 6.63. The summed E-state index contributed by atoms with van der Waals surface area (Å²) in [5.74, 6) is -3.22. The molecule has 0 saturated heterocycles. The van der Waals surface area contributed by atoms with E-state index in [1.807, 2.05) is 0 Å². The number of methoxy groups -OCH3 is 1. The topological polar surface area (TPSA) is 120 Å². The van der Waals surface area contributed by atoms with Gasteiger partial charge in [0, 0.05) is 11.7 Å². The summed E-state index contributed by atoms with van der Waals surface area (Å²) in [5.41, 5.74) is -1.52. The number of hydrogen-bond donors (Lipinski definition) is 1. The number of aromatic nitrogens is 4. The molecule has 1 aromatic heterocycles. The second-order valence-electron chi connectivity index (χ2n) is 8.19. The van der Waals surface area contributed by atoms with Gasteiger partial charge in [-0.2, -0.15) is 4.68 Å². The van der Waals surface area contributed by atoms with Gasteiger partial charge in [0.05, 0.1) is 7.11 Å². The number of para-hydroxylation sites is 1. The van der Waals surface area contributed by atoms with Gasteiger partial charge >= 0.3 is 17.7 Å². The first kappa shape index (κ1) is 24.0. The molecule has 1 heterocycles. The van der Waals surface area contributed by atoms with Gasteiger partial charge in [-0.15, -0.1) is 4.68 Å². The molecule has 1 N–H and O–H groups in total. The average Bonchev–Trinajstić information content (AvgIpc) is 3.21. The average molecular weight is 487 g/mol. The van der Waals surface area contributed by atoms with Gasteiger partial charge in [-0.05, 0) is 60.0 Å². The lowest BCUT2D eigenvalue weighted by Crippen LogP contribution is -2.48. The minimum Gasteiger partial charge on any atom is -0.496 e. The van der Waals surface area contributed by atoms with E-state index >= 15 is 0 Å². The van der Waals surface area contributed by atoms with Gasteiger partial charge in [-0.25, -0.2) is 23.2 Å². The highest BCUT2D eigenvalue weighted by Crippen LogP contribution is 2.35. The number of ether oxygens (including phenoxy) is 1. The van der Waals surface area contributed by atoms with Crippen molar-refractivity contribution >= 4 is 17.7 Å². The van der Waals surface area contributed by atoms with E-state index in [2.05, 4.69) is 10.4 Å². The lowest BCUT2D eigenvalue weighted by Gasteiger charge is -2.35. The Hall–Kier alpha value is -4.09. The van der Waals surface area contributed by atoms with Gasteiger partial charge < -0.3 is 9.84 Å². The number of hydrogen-bond acceptors (Lipinski definition) is 6. The smallest absolute Gasteiger partial charge is 0.377 e. The van der Waals surface area contributed by atoms with Gasteiger partial charge in [0.15, 0.2) is 11.6 Å². The lowest BCUT2D eigenvalue weighted by molar-refractivity contribution is 0.0692. The van der Waals surface area contributed by atoms with Crippen LogP contribution in [-0.4, -0.2) is 50.0 Å². The normalized spacial score (nSPS) is 14.1. The SMILES string of the molecule is COc1ccc(N(C(=O)n2nnn(-c3c(F)cccc3F)c2=O)C2CCCCC2)c(C)c1C(=O)O. The van der Waals surface area contributed by atoms with Crippen LogP contribution in [0.3, 0.4) is 0 Å². The first-order valence-electron chi connectivity index (χ1n) is 11.0. The second kappa shape index (κ2) is 9.65. The van der Waals surface area contributed by atoms with Crippen LogP contribution in [0.5, 0.6) is 5.75 Å². The van der Waals surface area contributed by atoms with Crippen molar-refractivity contribution in [2.45, 2.75) is 45.1 Å². The van der Waals surface area contributed by atoms with E-state index in [4.69, 9.17) is 4.74 Å². The maximum absolute atomic E-state index is 14.2. The van der Waals surface area contributed by atoms with Gasteiger partial charge in [-0.3, -0.25) is 4.90 Å². The monoisotopic (exact) mass is 487 g/mol. The number of carbonyl (C=O) groups is 2. The maximum Gasteiger partial charge on any atom is 0.377 e. The highest BCUT2D eigenvalue weighted by Gasteiger charge is 2.33. The molecule has 184 valence electrons. The summed E-state index contributed by atoms with van der Waals surface area (Å²) in [6, 6.07) is 4.75. The van der Waals surface area contributed by atoms with E-state index in [0.717, 1.165) is 37.5 Å². The fourth-order valence-corrected chi connectivity index (χ4v) is 4.47. The van der Waals surface area contributed by atoms with Gasteiger partial charge in [-0.1, -0.05) is 25.3 Å². The summed E-state index contributed by atoms with van der Waals surface area (Å²) in [6.07, 6.45) is 3.87. The zero-order valence-electron chi connectivity index (χ0n) is 19.1. The number of halogens is 2. The van der Waals surface area contributed by atoms with Crippen molar-refractivity contribution < 1.29 is 28.2 Å². The highest BCUT2D eigenvalue weighted by molar-refractivity contribution is 5.99. The van der Waals surface area contributed by atoms with Gasteiger partial charge in [0.1, 0.15) is 17.0 Å². The molecule has 2 aromatic carbocycles. The number of anilines is 1. The Morgan fingerprint density at radius 1 is 1.09 bits per heavy atom. The summed E-state index contributed by atoms with van der Waals surface area (Å²) in [7, 11) is 1.34. The Bertz CT molecular complexity index is 1330. The van der Waals surface area contributed by atoms with E-state index in [-0.39, 0.29) is 28.6 Å². The van der Waals surface area contributed by atoms with Gasteiger partial charge in [0.2, 0.25) is 0 Å². The molecule has 12 heteroatoms. The van der Waals surface area contributed by atoms with E-state index in [0.29, 0.717) is 22.2 Å². The summed E-state index contributed by atoms with van der Waals surface area (Å²) in [4.78, 5) is 39.9. The number of aromatic carboxylic acids is 1. The number of rotatable bonds is 5. The number of carboxylic acid groups (broad SMARTS) is 1. The minimum absolute atomic E-state index is 0.118. The maximum atomic E-state index is 14.2. The molecule has 0 spiro atoms. The van der Waals surface area contributed by atoms with Crippen LogP contribution in [0.15, 0.2) is 35.1 Å². The van der Waals surface area contributed by atoms with Crippen LogP contribution in [0.25, 0.3) is 5.69 Å². The molecule has 1 saturated carbocycles. The Labute approximate surface area is 198 Å². The molecule has 1 fully saturated rings. The molecule has 35 heavy (non-hydrogen) atoms. The van der Waals surface area contributed by atoms with Crippen LogP contribution in [0, 0.1) is 18.6 Å². The fourth-order valence-electron chi connectivity index (χ4n) is 4.47. The fraction of sp³-hybridized carbons (Fsp3) is 0.348. The van der Waals surface area contributed by atoms with Crippen molar-refractivity contribution in [1.82, 2.24) is 19.8 Å². The van der Waals surface area contributed by atoms with Crippen molar-refractivity contribution in [2.75, 3.05) is 12.0 Å². The second-order valence-corrected chi connectivity index (χ2v) is 8.19. The standard InChI is InChI=1S/C23H23F2N5O5/c1-13-17(11-12-18(35-2)19(13)21(31)32)28(14-7-4-3-5-8-14)22(33)30-23(34)29(26-27-30)20-15(24)9-6-10-16(20)25/h6,9-12,14H,3-5,7-8H2,1-2H3,(H,31,32). The first-order chi connectivity index (χ1) is 16.8. The highest BCUT2D eigenvalue weighted by atomic mass is 19.1. The molecule has 0 unspecified atom stereocenters. The molecule has 10 nitrogen and oxygen atoms in total. The number of benzene rings is 2. The minimum atomic E-state index is -1.24. The molecule has 3 aromatic rings. The van der Waals surface area contributed by atoms with Crippen molar-refractivity contribution in [1.29, 1.82) is 0 Å². The quantitative estimate of drug-likeness (QED) is 0.547. The molecular weight excluding hydrogens is 464 g/mol. The molecule has 0 radical (unpaired) electrons. The third kappa shape index (κ3) is 4.27. The van der Waals surface area contributed by atoms with Gasteiger partial charge in [0.25, 0.3) is 0 Å². The van der Waals surface area contributed by atoms with Crippen molar-refractivity contribution in [3.05, 3.63) is 63.6 Å². The largest absolute Gasteiger partial charge is 0.496 e. The van der Waals surface area contributed by atoms with Crippen molar-refractivity contribution in [2.24, 2.45) is 0 Å². The summed E-state index contributed by atoms with van der Waals surface area (Å²) >= 11 is 0. The van der Waals surface area contributed by atoms with Crippen LogP contribution >= 0.6 is 0 Å². The van der Waals surface area contributed by atoms with E-state index < -0.39 is 35.0 Å². The molecule has 0 atom stereocenters. The van der Waals surface area contributed by atoms with E-state index in [1.165, 1.54) is 18.1 Å². The summed E-state index contributed by atoms with van der Waals surface area (Å²) in [5, 5.41) is 16.8. The van der Waals surface area contributed by atoms with Crippen LogP contribution in [0.1, 0.15) is 48.0 Å². The zero-order chi connectivity index (χ0) is 25.3. The Morgan fingerprint density at radius 3 is 2.34 bits per heavy atom. The van der Waals surface area contributed by atoms with Crippen molar-refractivity contribution in [3.8, 4) is 11.4 Å². The zero-order valence-corrected chi connectivity index (χ0v) is 19.1. The lowest BCUT2D eigenvalue weighted by atomic mass is 9.93. The van der Waals surface area contributed by atoms with Crippen LogP contribution in [-0.2, 0) is 0 Å². The molecule has 1 aliphatic carbocycles. The Balaban J connectivity index is 1.85. The Morgan fingerprint density at radius 2 is 1.74 bits per heavy atom. The van der Waals surface area contributed by atoms with Crippen LogP contribution in [0.2, 0.25) is 0 Å². The first-order valence-corrected chi connectivity index (χ1v) is 11.0. The molecule has 4 rings (SSSR count). The molecule has 0 aliphatic heterocycles. The molecule has 0 bridgehead atoms. The predicted octanol–water partition coefficient (Wildman–Crippen LogP) is 3.53. The van der Waals surface area contributed by atoms with E-state index in [1.54, 1.807) is 13.0 Å². The predicted molar refractivity (Wildman–Crippen MR) is 120 cm³/mol. The van der Waals surface area contributed by atoms with E-state index in [9.17, 15) is 28.3 Å². The molecule has 1 aliphatic rings.